The van der Waals surface area contributed by atoms with E-state index in [9.17, 15) is 9.90 Å². The van der Waals surface area contributed by atoms with Crippen molar-refractivity contribution >= 4 is 21.6 Å². The second-order valence-corrected chi connectivity index (χ2v) is 8.38. The molecule has 1 atom stereocenters. The predicted molar refractivity (Wildman–Crippen MR) is 108 cm³/mol. The van der Waals surface area contributed by atoms with E-state index in [0.717, 1.165) is 29.5 Å². The van der Waals surface area contributed by atoms with E-state index >= 15 is 0 Å². The molecule has 0 saturated carbocycles. The number of aliphatic hydroxyl groups is 1. The van der Waals surface area contributed by atoms with E-state index in [4.69, 9.17) is 16.1 Å². The quantitative estimate of drug-likeness (QED) is 0.534. The van der Waals surface area contributed by atoms with Crippen LogP contribution in [0.4, 0.5) is 0 Å². The molecule has 2 heterocycles. The lowest BCUT2D eigenvalue weighted by molar-refractivity contribution is 0.0186. The highest BCUT2D eigenvalue weighted by atomic mass is 32.1. The summed E-state index contributed by atoms with van der Waals surface area (Å²) in [6.07, 6.45) is 8.85. The second kappa shape index (κ2) is 8.98. The molecule has 2 aromatic rings. The summed E-state index contributed by atoms with van der Waals surface area (Å²) in [4.78, 5) is 24.6. The van der Waals surface area contributed by atoms with Gasteiger partial charge in [0.2, 0.25) is 0 Å². The number of fused-ring (bicyclic) bond motifs is 3. The molecule has 1 aliphatic rings. The number of hydrogen-bond donors (Lipinski definition) is 2. The van der Waals surface area contributed by atoms with Crippen molar-refractivity contribution in [3.8, 4) is 12.3 Å². The topological polar surface area (TPSA) is 78.5 Å². The Labute approximate surface area is 163 Å². The number of aromatic amines is 1. The lowest BCUT2D eigenvalue weighted by Gasteiger charge is -2.28. The van der Waals surface area contributed by atoms with Crippen molar-refractivity contribution in [3.05, 3.63) is 26.6 Å². The maximum atomic E-state index is 12.7. The van der Waals surface area contributed by atoms with E-state index in [1.165, 1.54) is 16.9 Å². The second-order valence-electron chi connectivity index (χ2n) is 7.30. The first-order chi connectivity index (χ1) is 13.0. The number of terminal acetylenes is 1. The summed E-state index contributed by atoms with van der Waals surface area (Å²) in [5.74, 6) is 3.02. The van der Waals surface area contributed by atoms with Gasteiger partial charge in [0.15, 0.2) is 0 Å². The minimum absolute atomic E-state index is 0.0454. The van der Waals surface area contributed by atoms with Crippen molar-refractivity contribution in [2.75, 3.05) is 19.8 Å². The molecule has 0 unspecified atom stereocenters. The number of nitrogens with one attached hydrogen (secondary N) is 1. The van der Waals surface area contributed by atoms with Crippen LogP contribution < -0.4 is 5.56 Å². The molecular weight excluding hydrogens is 362 g/mol. The fourth-order valence-electron chi connectivity index (χ4n) is 3.51. The summed E-state index contributed by atoms with van der Waals surface area (Å²) < 4.78 is 5.21. The molecule has 0 aromatic carbocycles. The third-order valence-corrected chi connectivity index (χ3v) is 6.08. The summed E-state index contributed by atoms with van der Waals surface area (Å²) in [6.45, 7) is 5.37. The van der Waals surface area contributed by atoms with Crippen LogP contribution in [0.3, 0.4) is 0 Å². The first-order valence-electron chi connectivity index (χ1n) is 9.46. The Morgan fingerprint density at radius 3 is 2.93 bits per heavy atom. The minimum Gasteiger partial charge on any atom is -0.389 e. The molecule has 0 aliphatic heterocycles. The average molecular weight is 390 g/mol. The Hall–Kier alpha value is -1.72. The number of H-pyrrole nitrogens is 1. The highest BCUT2D eigenvalue weighted by Crippen LogP contribution is 2.33. The van der Waals surface area contributed by atoms with Gasteiger partial charge in [0.05, 0.1) is 24.6 Å². The van der Waals surface area contributed by atoms with E-state index in [1.807, 2.05) is 0 Å². The molecule has 1 aliphatic carbocycles. The molecule has 0 amide bonds. The summed E-state index contributed by atoms with van der Waals surface area (Å²) in [5, 5.41) is 11.0. The molecule has 3 rings (SSSR count). The van der Waals surface area contributed by atoms with Crippen molar-refractivity contribution in [1.82, 2.24) is 14.9 Å². The molecule has 146 valence electrons. The Kier molecular flexibility index (Phi) is 6.66. The highest BCUT2D eigenvalue weighted by molar-refractivity contribution is 7.18. The molecule has 0 bridgehead atoms. The van der Waals surface area contributed by atoms with E-state index < -0.39 is 6.10 Å². The van der Waals surface area contributed by atoms with Gasteiger partial charge < -0.3 is 14.8 Å². The predicted octanol–water partition coefficient (Wildman–Crippen LogP) is 2.08. The van der Waals surface area contributed by atoms with Crippen LogP contribution >= 0.6 is 11.3 Å². The van der Waals surface area contributed by atoms with Crippen LogP contribution in [0.2, 0.25) is 0 Å². The van der Waals surface area contributed by atoms with Gasteiger partial charge in [0.25, 0.3) is 5.56 Å². The maximum Gasteiger partial charge on any atom is 0.259 e. The number of nitrogens with zero attached hydrogens (tertiary/aromatic N) is 2. The fraction of sp³-hybridized carbons (Fsp3) is 0.600. The molecule has 2 N–H and O–H groups in total. The van der Waals surface area contributed by atoms with Gasteiger partial charge >= 0.3 is 0 Å². The van der Waals surface area contributed by atoms with Gasteiger partial charge in [0.1, 0.15) is 17.3 Å². The number of rotatable bonds is 8. The van der Waals surface area contributed by atoms with Crippen LogP contribution in [0.25, 0.3) is 10.2 Å². The van der Waals surface area contributed by atoms with Crippen LogP contribution in [-0.2, 0) is 24.1 Å². The van der Waals surface area contributed by atoms with E-state index in [2.05, 4.69) is 29.7 Å². The Balaban J connectivity index is 1.77. The molecule has 0 radical (unpaired) electrons. The first-order valence-corrected chi connectivity index (χ1v) is 10.3. The van der Waals surface area contributed by atoms with Gasteiger partial charge in [-0.15, -0.1) is 17.8 Å². The van der Waals surface area contributed by atoms with E-state index in [0.29, 0.717) is 18.9 Å². The first kappa shape index (κ1) is 20.0. The molecule has 0 fully saturated rings. The van der Waals surface area contributed by atoms with Crippen molar-refractivity contribution in [1.29, 1.82) is 0 Å². The van der Waals surface area contributed by atoms with E-state index in [1.54, 1.807) is 11.3 Å². The fourth-order valence-corrected chi connectivity index (χ4v) is 4.79. The monoisotopic (exact) mass is 389 g/mol. The van der Waals surface area contributed by atoms with Gasteiger partial charge in [-0.3, -0.25) is 9.69 Å². The molecular formula is C20H27N3O3S. The Bertz CT molecular complexity index is 881. The maximum absolute atomic E-state index is 12.7. The zero-order chi connectivity index (χ0) is 19.4. The number of ether oxygens (including phenoxy) is 1. The standard InChI is InChI=1S/C20H27N3O3S/c1-4-9-26-12-14(24)10-23(13(2)3)11-17-21-19(25)18-15-7-5-6-8-16(15)27-20(18)22-17/h1,13-14,24H,5-12H2,2-3H3,(H,21,22,25)/t14-/m1/s1. The molecule has 0 spiro atoms. The average Bonchev–Trinajstić information content (AvgIpc) is 3.00. The lowest BCUT2D eigenvalue weighted by Crippen LogP contribution is -2.39. The van der Waals surface area contributed by atoms with Crippen molar-refractivity contribution in [2.45, 2.75) is 58.2 Å². The lowest BCUT2D eigenvalue weighted by atomic mass is 9.97. The number of thiophene rings is 1. The minimum atomic E-state index is -0.648. The van der Waals surface area contributed by atoms with Crippen LogP contribution in [0.15, 0.2) is 4.79 Å². The third-order valence-electron chi connectivity index (χ3n) is 4.90. The van der Waals surface area contributed by atoms with Crippen LogP contribution in [0.1, 0.15) is 43.0 Å². The number of aliphatic hydroxyl groups excluding tert-OH is 1. The van der Waals surface area contributed by atoms with Gasteiger partial charge in [-0.25, -0.2) is 4.98 Å². The number of aryl methyl sites for hydroxylation is 2. The summed E-state index contributed by atoms with van der Waals surface area (Å²) in [6, 6.07) is 0.185. The summed E-state index contributed by atoms with van der Waals surface area (Å²) in [7, 11) is 0. The number of hydrogen-bond acceptors (Lipinski definition) is 6. The molecule has 2 aromatic heterocycles. The van der Waals surface area contributed by atoms with Gasteiger partial charge in [0, 0.05) is 17.5 Å². The van der Waals surface area contributed by atoms with Gasteiger partial charge in [-0.05, 0) is 45.1 Å². The Morgan fingerprint density at radius 2 is 2.19 bits per heavy atom. The highest BCUT2D eigenvalue weighted by Gasteiger charge is 2.21. The van der Waals surface area contributed by atoms with Crippen LogP contribution in [0.5, 0.6) is 0 Å². The Morgan fingerprint density at radius 1 is 1.41 bits per heavy atom. The van der Waals surface area contributed by atoms with Crippen molar-refractivity contribution < 1.29 is 9.84 Å². The smallest absolute Gasteiger partial charge is 0.259 e. The summed E-state index contributed by atoms with van der Waals surface area (Å²) >= 11 is 1.65. The molecule has 6 nitrogen and oxygen atoms in total. The molecule has 0 saturated heterocycles. The normalized spacial score (nSPS) is 15.3. The SMILES string of the molecule is C#CCOC[C@H](O)CN(Cc1nc2sc3c(c2c(=O)[nH]1)CCCC3)C(C)C. The van der Waals surface area contributed by atoms with Crippen molar-refractivity contribution in [3.63, 3.8) is 0 Å². The molecule has 7 heteroatoms. The number of aromatic nitrogens is 2. The largest absolute Gasteiger partial charge is 0.389 e. The zero-order valence-corrected chi connectivity index (χ0v) is 16.8. The zero-order valence-electron chi connectivity index (χ0n) is 16.0. The molecule has 27 heavy (non-hydrogen) atoms. The summed E-state index contributed by atoms with van der Waals surface area (Å²) in [5.41, 5.74) is 1.15. The third kappa shape index (κ3) is 4.77. The van der Waals surface area contributed by atoms with Crippen LogP contribution in [0, 0.1) is 12.3 Å². The van der Waals surface area contributed by atoms with Gasteiger partial charge in [-0.2, -0.15) is 0 Å². The van der Waals surface area contributed by atoms with Gasteiger partial charge in [-0.1, -0.05) is 5.92 Å². The van der Waals surface area contributed by atoms with E-state index in [-0.39, 0.29) is 24.8 Å². The van der Waals surface area contributed by atoms with Crippen molar-refractivity contribution in [2.24, 2.45) is 0 Å². The van der Waals surface area contributed by atoms with Crippen LogP contribution in [-0.4, -0.2) is 51.9 Å².